The van der Waals surface area contributed by atoms with Crippen LogP contribution in [0.5, 0.6) is 11.5 Å². The van der Waals surface area contributed by atoms with Gasteiger partial charge in [0.2, 0.25) is 0 Å². The van der Waals surface area contributed by atoms with Crippen molar-refractivity contribution in [3.05, 3.63) is 41.8 Å². The fraction of sp³-hybridized carbons (Fsp3) is 0.438. The molecule has 0 unspecified atom stereocenters. The lowest BCUT2D eigenvalue weighted by Crippen LogP contribution is -2.28. The summed E-state index contributed by atoms with van der Waals surface area (Å²) in [6.45, 7) is 1.21. The lowest BCUT2D eigenvalue weighted by molar-refractivity contribution is 0.128. The molecule has 0 bridgehead atoms. The highest BCUT2D eigenvalue weighted by Gasteiger charge is 2.26. The third kappa shape index (κ3) is 3.40. The first-order valence-corrected chi connectivity index (χ1v) is 7.40. The average Bonchev–Trinajstić information content (AvgIpc) is 3.24. The molecule has 1 aromatic heterocycles. The van der Waals surface area contributed by atoms with Gasteiger partial charge in [-0.15, -0.1) is 0 Å². The molecule has 1 aliphatic heterocycles. The Morgan fingerprint density at radius 2 is 2.14 bits per heavy atom. The van der Waals surface area contributed by atoms with Gasteiger partial charge in [0.15, 0.2) is 5.76 Å². The highest BCUT2D eigenvalue weighted by Crippen LogP contribution is 2.23. The predicted octanol–water partition coefficient (Wildman–Crippen LogP) is 2.05. The molecule has 1 aliphatic rings. The fourth-order valence-corrected chi connectivity index (χ4v) is 2.55. The van der Waals surface area contributed by atoms with Crippen LogP contribution in [0.15, 0.2) is 34.9 Å². The molecule has 2 aromatic rings. The van der Waals surface area contributed by atoms with Crippen molar-refractivity contribution >= 4 is 0 Å². The summed E-state index contributed by atoms with van der Waals surface area (Å²) in [4.78, 5) is 0. The van der Waals surface area contributed by atoms with Crippen molar-refractivity contribution in [3.63, 3.8) is 0 Å². The Morgan fingerprint density at radius 3 is 2.82 bits per heavy atom. The van der Waals surface area contributed by atoms with E-state index in [1.807, 2.05) is 24.3 Å². The molecule has 6 nitrogen and oxygen atoms in total. The Balaban J connectivity index is 1.56. The molecule has 1 fully saturated rings. The van der Waals surface area contributed by atoms with E-state index in [1.54, 1.807) is 13.2 Å². The van der Waals surface area contributed by atoms with E-state index in [0.717, 1.165) is 30.9 Å². The van der Waals surface area contributed by atoms with Gasteiger partial charge < -0.3 is 24.4 Å². The van der Waals surface area contributed by atoms with Crippen LogP contribution in [0.4, 0.5) is 0 Å². The maximum Gasteiger partial charge on any atom is 0.174 e. The van der Waals surface area contributed by atoms with Gasteiger partial charge in [-0.3, -0.25) is 0 Å². The van der Waals surface area contributed by atoms with E-state index in [4.69, 9.17) is 14.0 Å². The van der Waals surface area contributed by atoms with Crippen molar-refractivity contribution < 1.29 is 19.1 Å². The van der Waals surface area contributed by atoms with E-state index < -0.39 is 6.10 Å². The van der Waals surface area contributed by atoms with Gasteiger partial charge in [-0.25, -0.2) is 0 Å². The number of nitrogens with zero attached hydrogens (tertiary/aromatic N) is 1. The quantitative estimate of drug-likeness (QED) is 0.850. The topological polar surface area (TPSA) is 76.8 Å². The van der Waals surface area contributed by atoms with Gasteiger partial charge in [0.25, 0.3) is 0 Å². The first-order valence-electron chi connectivity index (χ1n) is 7.40. The molecule has 0 radical (unpaired) electrons. The molecule has 2 heterocycles. The van der Waals surface area contributed by atoms with Crippen LogP contribution in [0, 0.1) is 0 Å². The summed E-state index contributed by atoms with van der Waals surface area (Å²) in [5.74, 6) is 2.08. The number of rotatable bonds is 6. The second kappa shape index (κ2) is 6.81. The number of benzene rings is 1. The molecule has 118 valence electrons. The molecule has 0 saturated carbocycles. The Morgan fingerprint density at radius 1 is 1.36 bits per heavy atom. The minimum Gasteiger partial charge on any atom is -0.497 e. The van der Waals surface area contributed by atoms with Crippen LogP contribution in [-0.4, -0.2) is 30.0 Å². The normalized spacial score (nSPS) is 19.1. The van der Waals surface area contributed by atoms with Crippen molar-refractivity contribution in [1.82, 2.24) is 10.5 Å². The van der Waals surface area contributed by atoms with Gasteiger partial charge in [0, 0.05) is 12.1 Å². The van der Waals surface area contributed by atoms with E-state index in [9.17, 15) is 5.11 Å². The van der Waals surface area contributed by atoms with E-state index in [1.165, 1.54) is 0 Å². The SMILES string of the molecule is COc1ccc(OCc2cc([C@@H](O)[C@@H]3CCCN3)no2)cc1. The zero-order chi connectivity index (χ0) is 15.4. The van der Waals surface area contributed by atoms with Crippen LogP contribution >= 0.6 is 0 Å². The number of hydrogen-bond donors (Lipinski definition) is 2. The number of hydrogen-bond acceptors (Lipinski definition) is 6. The molecule has 0 amide bonds. The second-order valence-corrected chi connectivity index (χ2v) is 5.33. The first kappa shape index (κ1) is 14.9. The molecular weight excluding hydrogens is 284 g/mol. The van der Waals surface area contributed by atoms with Crippen molar-refractivity contribution in [2.45, 2.75) is 31.6 Å². The van der Waals surface area contributed by atoms with Crippen molar-refractivity contribution in [2.75, 3.05) is 13.7 Å². The molecular formula is C16H20N2O4. The summed E-state index contributed by atoms with van der Waals surface area (Å²) in [5, 5.41) is 17.4. The number of methoxy groups -OCH3 is 1. The van der Waals surface area contributed by atoms with Gasteiger partial charge in [-0.1, -0.05) is 5.16 Å². The standard InChI is InChI=1S/C16H20N2O4/c1-20-11-4-6-12(7-5-11)21-10-13-9-15(18-22-13)16(19)14-3-2-8-17-14/h4-7,9,14,16-17,19H,2-3,8,10H2,1H3/t14-,16-/m0/s1. The van der Waals surface area contributed by atoms with Gasteiger partial charge in [-0.2, -0.15) is 0 Å². The van der Waals surface area contributed by atoms with Crippen molar-refractivity contribution in [3.8, 4) is 11.5 Å². The van der Waals surface area contributed by atoms with Gasteiger partial charge >= 0.3 is 0 Å². The minimum absolute atomic E-state index is 0.0560. The fourth-order valence-electron chi connectivity index (χ4n) is 2.55. The molecule has 22 heavy (non-hydrogen) atoms. The first-order chi connectivity index (χ1) is 10.8. The molecule has 1 aromatic carbocycles. The number of aliphatic hydroxyl groups excluding tert-OH is 1. The van der Waals surface area contributed by atoms with Crippen LogP contribution in [0.2, 0.25) is 0 Å². The Bertz CT molecular complexity index is 590. The van der Waals surface area contributed by atoms with Crippen molar-refractivity contribution in [1.29, 1.82) is 0 Å². The predicted molar refractivity (Wildman–Crippen MR) is 79.8 cm³/mol. The van der Waals surface area contributed by atoms with Crippen LogP contribution in [0.25, 0.3) is 0 Å². The van der Waals surface area contributed by atoms with Crippen LogP contribution in [-0.2, 0) is 6.61 Å². The summed E-state index contributed by atoms with van der Waals surface area (Å²) in [6.07, 6.45) is 1.39. The number of aliphatic hydroxyl groups is 1. The summed E-state index contributed by atoms with van der Waals surface area (Å²) < 4.78 is 15.9. The zero-order valence-corrected chi connectivity index (χ0v) is 12.5. The Hall–Kier alpha value is -2.05. The number of nitrogens with one attached hydrogen (secondary N) is 1. The van der Waals surface area contributed by atoms with Gasteiger partial charge in [-0.05, 0) is 43.7 Å². The van der Waals surface area contributed by atoms with E-state index >= 15 is 0 Å². The monoisotopic (exact) mass is 304 g/mol. The lowest BCUT2D eigenvalue weighted by atomic mass is 10.1. The second-order valence-electron chi connectivity index (χ2n) is 5.33. The average molecular weight is 304 g/mol. The summed E-state index contributed by atoms with van der Waals surface area (Å²) in [6, 6.07) is 9.11. The minimum atomic E-state index is -0.638. The highest BCUT2D eigenvalue weighted by atomic mass is 16.5. The molecule has 6 heteroatoms. The maximum absolute atomic E-state index is 10.2. The summed E-state index contributed by atoms with van der Waals surface area (Å²) >= 11 is 0. The molecule has 0 aliphatic carbocycles. The molecule has 2 N–H and O–H groups in total. The van der Waals surface area contributed by atoms with Crippen LogP contribution < -0.4 is 14.8 Å². The third-order valence-electron chi connectivity index (χ3n) is 3.80. The summed E-state index contributed by atoms with van der Waals surface area (Å²) in [5.41, 5.74) is 0.549. The van der Waals surface area contributed by atoms with Crippen LogP contribution in [0.3, 0.4) is 0 Å². The Kier molecular flexibility index (Phi) is 4.60. The van der Waals surface area contributed by atoms with E-state index in [2.05, 4.69) is 10.5 Å². The van der Waals surface area contributed by atoms with E-state index in [-0.39, 0.29) is 12.6 Å². The van der Waals surface area contributed by atoms with Crippen molar-refractivity contribution in [2.24, 2.45) is 0 Å². The smallest absolute Gasteiger partial charge is 0.174 e. The molecule has 1 saturated heterocycles. The molecule has 0 spiro atoms. The molecule has 2 atom stereocenters. The molecule has 3 rings (SSSR count). The summed E-state index contributed by atoms with van der Waals surface area (Å²) in [7, 11) is 1.62. The third-order valence-corrected chi connectivity index (χ3v) is 3.80. The van der Waals surface area contributed by atoms with Gasteiger partial charge in [0.05, 0.1) is 7.11 Å². The largest absolute Gasteiger partial charge is 0.497 e. The highest BCUT2D eigenvalue weighted by molar-refractivity contribution is 5.31. The lowest BCUT2D eigenvalue weighted by Gasteiger charge is -2.14. The van der Waals surface area contributed by atoms with Crippen LogP contribution in [0.1, 0.15) is 30.4 Å². The van der Waals surface area contributed by atoms with E-state index in [0.29, 0.717) is 11.5 Å². The maximum atomic E-state index is 10.2. The zero-order valence-electron chi connectivity index (χ0n) is 12.5. The number of aromatic nitrogens is 1. The van der Waals surface area contributed by atoms with Gasteiger partial charge in [0.1, 0.15) is 29.9 Å². The number of ether oxygens (including phenoxy) is 2. The Labute approximate surface area is 129 Å².